The molecule has 1 fully saturated rings. The molecule has 9 heteroatoms. The Bertz CT molecular complexity index is 383. The van der Waals surface area contributed by atoms with Gasteiger partial charge in [0.1, 0.15) is 5.75 Å². The summed E-state index contributed by atoms with van der Waals surface area (Å²) in [5, 5.41) is 0. The molecular weight excluding hydrogens is 279 g/mol. The Morgan fingerprint density at radius 3 is 2.47 bits per heavy atom. The van der Waals surface area contributed by atoms with Gasteiger partial charge in [0.05, 0.1) is 12.7 Å². The minimum Gasteiger partial charge on any atom is -0.465 e. The summed E-state index contributed by atoms with van der Waals surface area (Å²) in [4.78, 5) is 20.7. The van der Waals surface area contributed by atoms with Crippen molar-refractivity contribution in [1.29, 1.82) is 0 Å². The SMILES string of the molecule is COC(=O)c1ccc(OP2NPNPN2)cc1. The van der Waals surface area contributed by atoms with E-state index in [0.717, 1.165) is 5.75 Å². The van der Waals surface area contributed by atoms with Crippen molar-refractivity contribution in [2.45, 2.75) is 0 Å². The monoisotopic (exact) mass is 291 g/mol. The van der Waals surface area contributed by atoms with Crippen molar-refractivity contribution in [3.05, 3.63) is 29.8 Å². The Labute approximate surface area is 104 Å². The lowest BCUT2D eigenvalue weighted by molar-refractivity contribution is 0.0601. The molecule has 2 rings (SSSR count). The first-order chi connectivity index (χ1) is 8.29. The summed E-state index contributed by atoms with van der Waals surface area (Å²) in [6.07, 6.45) is 0. The Balaban J connectivity index is 1.95. The molecule has 0 radical (unpaired) electrons. The standard InChI is InChI=1S/C8H12N3O3P3/c1-13-8(12)6-2-4-7(5-3-6)14-17-10-15-9-16-11-17/h2-5,9-11,15-16H,1H3. The third kappa shape index (κ3) is 3.82. The number of hydrogen-bond donors (Lipinski definition) is 3. The highest BCUT2D eigenvalue weighted by Crippen LogP contribution is 2.40. The van der Waals surface area contributed by atoms with Gasteiger partial charge in [-0.05, 0) is 24.3 Å². The Kier molecular flexibility index (Phi) is 5.05. The molecule has 1 aliphatic heterocycles. The molecule has 1 saturated heterocycles. The lowest BCUT2D eigenvalue weighted by Crippen LogP contribution is -2.18. The summed E-state index contributed by atoms with van der Waals surface area (Å²) in [5.74, 6) is 0.378. The van der Waals surface area contributed by atoms with Crippen molar-refractivity contribution in [1.82, 2.24) is 14.6 Å². The number of benzene rings is 1. The molecule has 1 heterocycles. The van der Waals surface area contributed by atoms with E-state index in [4.69, 9.17) is 4.52 Å². The predicted octanol–water partition coefficient (Wildman–Crippen LogP) is 1.88. The second-order valence-electron chi connectivity index (χ2n) is 3.00. The van der Waals surface area contributed by atoms with E-state index in [1.807, 2.05) is 0 Å². The lowest BCUT2D eigenvalue weighted by Gasteiger charge is -2.24. The summed E-state index contributed by atoms with van der Waals surface area (Å²) >= 11 is 0. The smallest absolute Gasteiger partial charge is 0.337 e. The fourth-order valence-corrected chi connectivity index (χ4v) is 5.08. The second-order valence-corrected chi connectivity index (χ2v) is 7.06. The Hall–Kier alpha value is -0.340. The average molecular weight is 291 g/mol. The van der Waals surface area contributed by atoms with Gasteiger partial charge in [0, 0.05) is 17.8 Å². The summed E-state index contributed by atoms with van der Waals surface area (Å²) in [6.45, 7) is 0. The largest absolute Gasteiger partial charge is 0.465 e. The maximum Gasteiger partial charge on any atom is 0.337 e. The molecule has 2 atom stereocenters. The first-order valence-corrected chi connectivity index (χ1v) is 7.98. The van der Waals surface area contributed by atoms with E-state index < -0.39 is 8.45 Å². The number of hydrogen-bond acceptors (Lipinski definition) is 6. The first-order valence-electron chi connectivity index (χ1n) is 4.72. The molecule has 2 unspecified atom stereocenters. The maximum absolute atomic E-state index is 11.2. The van der Waals surface area contributed by atoms with Crippen LogP contribution >= 0.6 is 26.2 Å². The fraction of sp³-hybridized carbons (Fsp3) is 0.125. The molecule has 0 amide bonds. The number of carbonyl (C=O) groups excluding carboxylic acids is 1. The van der Waals surface area contributed by atoms with Crippen LogP contribution in [0.2, 0.25) is 0 Å². The number of esters is 1. The zero-order chi connectivity index (χ0) is 12.1. The highest BCUT2D eigenvalue weighted by molar-refractivity contribution is 7.71. The molecule has 3 N–H and O–H groups in total. The molecule has 0 saturated carbocycles. The molecule has 1 aromatic carbocycles. The lowest BCUT2D eigenvalue weighted by atomic mass is 10.2. The minimum absolute atomic E-state index is 0.344. The first kappa shape index (κ1) is 13.1. The zero-order valence-corrected chi connectivity index (χ0v) is 11.9. The third-order valence-corrected chi connectivity index (χ3v) is 5.82. The number of ether oxygens (including phenoxy) is 1. The molecule has 0 spiro atoms. The van der Waals surface area contributed by atoms with Crippen LogP contribution < -0.4 is 19.1 Å². The van der Waals surface area contributed by atoms with Crippen molar-refractivity contribution >= 4 is 32.2 Å². The van der Waals surface area contributed by atoms with Crippen molar-refractivity contribution in [2.75, 3.05) is 7.11 Å². The van der Waals surface area contributed by atoms with Crippen LogP contribution in [-0.2, 0) is 4.74 Å². The fourth-order valence-electron chi connectivity index (χ4n) is 1.14. The molecule has 92 valence electrons. The van der Waals surface area contributed by atoms with Crippen molar-refractivity contribution in [2.24, 2.45) is 0 Å². The summed E-state index contributed by atoms with van der Waals surface area (Å²) in [6, 6.07) is 6.88. The quantitative estimate of drug-likeness (QED) is 0.583. The van der Waals surface area contributed by atoms with E-state index in [2.05, 4.69) is 19.3 Å². The van der Waals surface area contributed by atoms with Gasteiger partial charge in [-0.15, -0.1) is 0 Å². The molecule has 1 aromatic rings. The third-order valence-electron chi connectivity index (χ3n) is 1.91. The zero-order valence-electron chi connectivity index (χ0n) is 8.98. The average Bonchev–Trinajstić information content (AvgIpc) is 2.40. The molecule has 6 nitrogen and oxygen atoms in total. The van der Waals surface area contributed by atoms with Crippen LogP contribution in [0.1, 0.15) is 10.4 Å². The highest BCUT2D eigenvalue weighted by atomic mass is 31.2. The predicted molar refractivity (Wildman–Crippen MR) is 71.4 cm³/mol. The van der Waals surface area contributed by atoms with Crippen LogP contribution in [0, 0.1) is 0 Å². The van der Waals surface area contributed by atoms with Crippen LogP contribution in [0.4, 0.5) is 0 Å². The molecule has 0 bridgehead atoms. The van der Waals surface area contributed by atoms with E-state index in [-0.39, 0.29) is 5.97 Å². The van der Waals surface area contributed by atoms with Gasteiger partial charge in [-0.2, -0.15) is 0 Å². The van der Waals surface area contributed by atoms with Gasteiger partial charge >= 0.3 is 5.97 Å². The van der Waals surface area contributed by atoms with Gasteiger partial charge in [-0.3, -0.25) is 4.86 Å². The summed E-state index contributed by atoms with van der Waals surface area (Å²) in [7, 11) is 1.54. The van der Waals surface area contributed by atoms with Crippen LogP contribution in [-0.4, -0.2) is 13.1 Å². The van der Waals surface area contributed by atoms with Crippen LogP contribution in [0.3, 0.4) is 0 Å². The van der Waals surface area contributed by atoms with Crippen molar-refractivity contribution < 1.29 is 14.1 Å². The molecule has 0 aromatic heterocycles. The van der Waals surface area contributed by atoms with E-state index in [9.17, 15) is 4.79 Å². The van der Waals surface area contributed by atoms with Crippen LogP contribution in [0.15, 0.2) is 24.3 Å². The summed E-state index contributed by atoms with van der Waals surface area (Å²) in [5.41, 5.74) is 0.516. The molecule has 0 aliphatic carbocycles. The van der Waals surface area contributed by atoms with Crippen LogP contribution in [0.25, 0.3) is 0 Å². The van der Waals surface area contributed by atoms with Gasteiger partial charge in [0.25, 0.3) is 8.45 Å². The number of methoxy groups -OCH3 is 1. The maximum atomic E-state index is 11.2. The molecular formula is C8H12N3O3P3. The van der Waals surface area contributed by atoms with Gasteiger partial charge in [0.15, 0.2) is 0 Å². The minimum atomic E-state index is -0.831. The van der Waals surface area contributed by atoms with Gasteiger partial charge in [-0.25, -0.2) is 14.5 Å². The van der Waals surface area contributed by atoms with Crippen LogP contribution in [0.5, 0.6) is 5.75 Å². The Morgan fingerprint density at radius 1 is 1.24 bits per heavy atom. The second kappa shape index (κ2) is 6.55. The van der Waals surface area contributed by atoms with Crippen molar-refractivity contribution in [3.8, 4) is 5.75 Å². The normalized spacial score (nSPS) is 22.5. The number of nitrogens with one attached hydrogen (secondary N) is 3. The van der Waals surface area contributed by atoms with Crippen molar-refractivity contribution in [3.63, 3.8) is 0 Å². The number of carbonyl (C=O) groups is 1. The van der Waals surface area contributed by atoms with E-state index >= 15 is 0 Å². The van der Waals surface area contributed by atoms with Gasteiger partial charge < -0.3 is 9.26 Å². The van der Waals surface area contributed by atoms with Gasteiger partial charge in [0.2, 0.25) is 0 Å². The van der Waals surface area contributed by atoms with E-state index in [1.165, 1.54) is 7.11 Å². The topological polar surface area (TPSA) is 71.6 Å². The highest BCUT2D eigenvalue weighted by Gasteiger charge is 2.14. The molecule has 1 aliphatic rings. The number of rotatable bonds is 3. The van der Waals surface area contributed by atoms with E-state index in [1.54, 1.807) is 24.3 Å². The van der Waals surface area contributed by atoms with Gasteiger partial charge in [-0.1, -0.05) is 0 Å². The summed E-state index contributed by atoms with van der Waals surface area (Å²) < 4.78 is 10.3. The Morgan fingerprint density at radius 2 is 1.88 bits per heavy atom. The molecule has 17 heavy (non-hydrogen) atoms. The van der Waals surface area contributed by atoms with E-state index in [0.29, 0.717) is 23.3 Å².